The van der Waals surface area contributed by atoms with Gasteiger partial charge in [-0.3, -0.25) is 9.78 Å². The van der Waals surface area contributed by atoms with Gasteiger partial charge in [-0.05, 0) is 24.3 Å². The summed E-state index contributed by atoms with van der Waals surface area (Å²) in [5.41, 5.74) is 1.95. The summed E-state index contributed by atoms with van der Waals surface area (Å²) < 4.78 is 41.8. The molecule has 2 heterocycles. The van der Waals surface area contributed by atoms with Crippen molar-refractivity contribution in [1.82, 2.24) is 15.1 Å². The highest BCUT2D eigenvalue weighted by molar-refractivity contribution is 6.05. The molecule has 0 fully saturated rings. The summed E-state index contributed by atoms with van der Waals surface area (Å²) >= 11 is 0. The van der Waals surface area contributed by atoms with Crippen molar-refractivity contribution in [2.75, 3.05) is 5.32 Å². The van der Waals surface area contributed by atoms with Crippen LogP contribution in [0, 0.1) is 0 Å². The number of nitrogens with zero attached hydrogens (tertiary/aromatic N) is 3. The number of halogens is 3. The standard InChI is InChI=1S/C19H11F3N4O2/c20-19(21,22)18-25-16(26-28-18)11-5-7-12(8-6-11)17(27)24-14-9-13-3-1-2-4-15(13)23-10-14/h1-10H,(H,24,27). The highest BCUT2D eigenvalue weighted by atomic mass is 19.4. The van der Waals surface area contributed by atoms with Gasteiger partial charge in [-0.15, -0.1) is 0 Å². The molecular weight excluding hydrogens is 373 g/mol. The van der Waals surface area contributed by atoms with E-state index in [4.69, 9.17) is 0 Å². The monoisotopic (exact) mass is 384 g/mol. The van der Waals surface area contributed by atoms with Crippen LogP contribution in [0.2, 0.25) is 0 Å². The van der Waals surface area contributed by atoms with Crippen LogP contribution in [0.25, 0.3) is 22.3 Å². The Morgan fingerprint density at radius 2 is 1.79 bits per heavy atom. The molecular formula is C19H11F3N4O2. The minimum atomic E-state index is -4.71. The topological polar surface area (TPSA) is 80.9 Å². The molecule has 2 aromatic carbocycles. The lowest BCUT2D eigenvalue weighted by atomic mass is 10.1. The van der Waals surface area contributed by atoms with Gasteiger partial charge in [-0.25, -0.2) is 0 Å². The highest BCUT2D eigenvalue weighted by Crippen LogP contribution is 2.29. The molecule has 0 bridgehead atoms. The van der Waals surface area contributed by atoms with Crippen molar-refractivity contribution in [1.29, 1.82) is 0 Å². The molecule has 0 aliphatic rings. The van der Waals surface area contributed by atoms with Crippen molar-refractivity contribution >= 4 is 22.5 Å². The van der Waals surface area contributed by atoms with Gasteiger partial charge in [0.05, 0.1) is 17.4 Å². The van der Waals surface area contributed by atoms with E-state index in [-0.39, 0.29) is 11.7 Å². The van der Waals surface area contributed by atoms with Gasteiger partial charge in [0.15, 0.2) is 0 Å². The maximum Gasteiger partial charge on any atom is 0.471 e. The molecule has 28 heavy (non-hydrogen) atoms. The fourth-order valence-corrected chi connectivity index (χ4v) is 2.57. The number of rotatable bonds is 3. The van der Waals surface area contributed by atoms with Crippen LogP contribution in [-0.2, 0) is 6.18 Å². The number of fused-ring (bicyclic) bond motifs is 1. The van der Waals surface area contributed by atoms with Crippen molar-refractivity contribution in [3.8, 4) is 11.4 Å². The Morgan fingerprint density at radius 3 is 2.50 bits per heavy atom. The molecule has 0 atom stereocenters. The maximum absolute atomic E-state index is 12.5. The summed E-state index contributed by atoms with van der Waals surface area (Å²) in [5.74, 6) is -2.01. The van der Waals surface area contributed by atoms with E-state index in [1.165, 1.54) is 24.3 Å². The lowest BCUT2D eigenvalue weighted by molar-refractivity contribution is -0.159. The summed E-state index contributed by atoms with van der Waals surface area (Å²) in [6, 6.07) is 15.1. The zero-order valence-electron chi connectivity index (χ0n) is 14.1. The van der Waals surface area contributed by atoms with E-state index < -0.39 is 12.1 Å². The molecule has 4 rings (SSSR count). The van der Waals surface area contributed by atoms with Crippen LogP contribution in [0.5, 0.6) is 0 Å². The summed E-state index contributed by atoms with van der Waals surface area (Å²) in [5, 5.41) is 6.93. The maximum atomic E-state index is 12.5. The molecule has 0 spiro atoms. The van der Waals surface area contributed by atoms with E-state index in [1.54, 1.807) is 12.3 Å². The van der Waals surface area contributed by atoms with Gasteiger partial charge in [0.25, 0.3) is 5.91 Å². The van der Waals surface area contributed by atoms with Crippen LogP contribution in [0.1, 0.15) is 16.2 Å². The number of amides is 1. The van der Waals surface area contributed by atoms with E-state index in [0.717, 1.165) is 10.9 Å². The van der Waals surface area contributed by atoms with E-state index in [0.29, 0.717) is 16.8 Å². The van der Waals surface area contributed by atoms with E-state index in [1.807, 2.05) is 24.3 Å². The second-order valence-corrected chi connectivity index (χ2v) is 5.87. The number of alkyl halides is 3. The second-order valence-electron chi connectivity index (χ2n) is 5.87. The smallest absolute Gasteiger partial charge is 0.329 e. The van der Waals surface area contributed by atoms with Crippen molar-refractivity contribution in [3.05, 3.63) is 72.2 Å². The Hall–Kier alpha value is -3.75. The van der Waals surface area contributed by atoms with Gasteiger partial charge in [0.2, 0.25) is 5.82 Å². The SMILES string of the molecule is O=C(Nc1cnc2ccccc2c1)c1ccc(-c2noc(C(F)(F)F)n2)cc1. The molecule has 140 valence electrons. The molecule has 9 heteroatoms. The van der Waals surface area contributed by atoms with E-state index in [9.17, 15) is 18.0 Å². The number of carbonyl (C=O) groups excluding carboxylic acids is 1. The van der Waals surface area contributed by atoms with Crippen molar-refractivity contribution in [2.45, 2.75) is 6.18 Å². The number of hydrogen-bond acceptors (Lipinski definition) is 5. The molecule has 0 saturated carbocycles. The predicted molar refractivity (Wildman–Crippen MR) is 94.4 cm³/mol. The Morgan fingerprint density at radius 1 is 1.04 bits per heavy atom. The first kappa shape index (κ1) is 17.7. The third-order valence-electron chi connectivity index (χ3n) is 3.92. The molecule has 6 nitrogen and oxygen atoms in total. The number of para-hydroxylation sites is 1. The third-order valence-corrected chi connectivity index (χ3v) is 3.92. The normalized spacial score (nSPS) is 11.5. The van der Waals surface area contributed by atoms with Gasteiger partial charge in [-0.2, -0.15) is 18.2 Å². The number of nitrogens with one attached hydrogen (secondary N) is 1. The van der Waals surface area contributed by atoms with Crippen LogP contribution in [0.15, 0.2) is 65.3 Å². The molecule has 0 aliphatic carbocycles. The Kier molecular flexibility index (Phi) is 4.26. The lowest BCUT2D eigenvalue weighted by Crippen LogP contribution is -2.11. The number of aromatic nitrogens is 3. The lowest BCUT2D eigenvalue weighted by Gasteiger charge is -2.06. The molecule has 0 radical (unpaired) electrons. The second kappa shape index (κ2) is 6.76. The van der Waals surface area contributed by atoms with Gasteiger partial charge in [0, 0.05) is 16.5 Å². The van der Waals surface area contributed by atoms with Gasteiger partial charge < -0.3 is 9.84 Å². The van der Waals surface area contributed by atoms with Crippen molar-refractivity contribution in [3.63, 3.8) is 0 Å². The van der Waals surface area contributed by atoms with Gasteiger partial charge in [-0.1, -0.05) is 35.5 Å². The number of benzene rings is 2. The van der Waals surface area contributed by atoms with E-state index in [2.05, 4.69) is 25.0 Å². The molecule has 0 saturated heterocycles. The fourth-order valence-electron chi connectivity index (χ4n) is 2.57. The van der Waals surface area contributed by atoms with Crippen molar-refractivity contribution in [2.24, 2.45) is 0 Å². The summed E-state index contributed by atoms with van der Waals surface area (Å²) in [6.07, 6.45) is -3.16. The number of hydrogen-bond donors (Lipinski definition) is 1. The zero-order chi connectivity index (χ0) is 19.7. The molecule has 1 N–H and O–H groups in total. The van der Waals surface area contributed by atoms with Crippen molar-refractivity contribution < 1.29 is 22.5 Å². The van der Waals surface area contributed by atoms with Crippen LogP contribution in [0.3, 0.4) is 0 Å². The van der Waals surface area contributed by atoms with Gasteiger partial charge >= 0.3 is 12.1 Å². The minimum absolute atomic E-state index is 0.210. The summed E-state index contributed by atoms with van der Waals surface area (Å²) in [7, 11) is 0. The average Bonchev–Trinajstić information content (AvgIpc) is 3.19. The summed E-state index contributed by atoms with van der Waals surface area (Å²) in [6.45, 7) is 0. The zero-order valence-corrected chi connectivity index (χ0v) is 14.1. The predicted octanol–water partition coefficient (Wildman–Crippen LogP) is 4.56. The molecule has 0 aliphatic heterocycles. The summed E-state index contributed by atoms with van der Waals surface area (Å²) in [4.78, 5) is 20.0. The highest BCUT2D eigenvalue weighted by Gasteiger charge is 2.38. The number of carbonyl (C=O) groups is 1. The first-order valence-corrected chi connectivity index (χ1v) is 8.08. The third kappa shape index (κ3) is 3.54. The van der Waals surface area contributed by atoms with E-state index >= 15 is 0 Å². The van der Waals surface area contributed by atoms with Crippen LogP contribution >= 0.6 is 0 Å². The largest absolute Gasteiger partial charge is 0.471 e. The molecule has 1 amide bonds. The van der Waals surface area contributed by atoms with Crippen LogP contribution in [0.4, 0.5) is 18.9 Å². The fraction of sp³-hybridized carbons (Fsp3) is 0.0526. The minimum Gasteiger partial charge on any atom is -0.329 e. The van der Waals surface area contributed by atoms with Crippen LogP contribution in [-0.4, -0.2) is 21.0 Å². The first-order chi connectivity index (χ1) is 13.4. The molecule has 4 aromatic rings. The average molecular weight is 384 g/mol. The number of anilines is 1. The van der Waals surface area contributed by atoms with Gasteiger partial charge in [0.1, 0.15) is 0 Å². The quantitative estimate of drug-likeness (QED) is 0.560. The molecule has 2 aromatic heterocycles. The molecule has 0 unspecified atom stereocenters. The Labute approximate surface area is 156 Å². The Balaban J connectivity index is 1.51. The first-order valence-electron chi connectivity index (χ1n) is 8.08. The number of pyridine rings is 1. The van der Waals surface area contributed by atoms with Crippen LogP contribution < -0.4 is 5.32 Å². The Bertz CT molecular complexity index is 1150.